The van der Waals surface area contributed by atoms with E-state index in [4.69, 9.17) is 9.73 Å². The maximum Gasteiger partial charge on any atom is 0.191 e. The van der Waals surface area contributed by atoms with Crippen molar-refractivity contribution in [3.05, 3.63) is 16.1 Å². The van der Waals surface area contributed by atoms with Crippen molar-refractivity contribution in [2.45, 2.75) is 46.7 Å². The molecule has 1 atom stereocenters. The van der Waals surface area contributed by atoms with Gasteiger partial charge in [-0.1, -0.05) is 13.8 Å². The molecule has 2 heterocycles. The molecule has 1 aliphatic rings. The number of rotatable bonds is 8. The number of aliphatic imine (C=N–C) groups is 1. The second kappa shape index (κ2) is 12.9. The summed E-state index contributed by atoms with van der Waals surface area (Å²) in [5.74, 6) is 1.56. The van der Waals surface area contributed by atoms with Gasteiger partial charge in [0.1, 0.15) is 0 Å². The Morgan fingerprint density at radius 2 is 2.08 bits per heavy atom. The van der Waals surface area contributed by atoms with Crippen LogP contribution in [-0.4, -0.2) is 61.3 Å². The smallest absolute Gasteiger partial charge is 0.191 e. The first kappa shape index (κ1) is 23.6. The number of aryl methyl sites for hydroxylation is 1. The van der Waals surface area contributed by atoms with E-state index in [1.807, 2.05) is 13.1 Å². The van der Waals surface area contributed by atoms with Gasteiger partial charge in [0.2, 0.25) is 0 Å². The van der Waals surface area contributed by atoms with Gasteiger partial charge in [-0.05, 0) is 26.2 Å². The molecule has 0 bridgehead atoms. The van der Waals surface area contributed by atoms with Crippen molar-refractivity contribution in [1.82, 2.24) is 20.5 Å². The van der Waals surface area contributed by atoms with Gasteiger partial charge in [-0.2, -0.15) is 0 Å². The molecular formula is C18H34IN5OS. The van der Waals surface area contributed by atoms with Crippen molar-refractivity contribution in [1.29, 1.82) is 0 Å². The number of nitrogens with one attached hydrogen (secondary N) is 2. The van der Waals surface area contributed by atoms with Crippen LogP contribution in [0.4, 0.5) is 0 Å². The Balaban J connectivity index is 0.00000338. The highest BCUT2D eigenvalue weighted by Gasteiger charge is 2.22. The normalized spacial score (nSPS) is 17.0. The number of hydrogen-bond donors (Lipinski definition) is 2. The highest BCUT2D eigenvalue weighted by molar-refractivity contribution is 14.0. The summed E-state index contributed by atoms with van der Waals surface area (Å²) in [6.45, 7) is 14.9. The van der Waals surface area contributed by atoms with Gasteiger partial charge in [-0.15, -0.1) is 35.3 Å². The van der Waals surface area contributed by atoms with E-state index in [1.165, 1.54) is 11.3 Å². The van der Waals surface area contributed by atoms with Crippen molar-refractivity contribution in [3.8, 4) is 0 Å². The Labute approximate surface area is 179 Å². The number of thiazole rings is 1. The Kier molecular flexibility index (Phi) is 11.7. The summed E-state index contributed by atoms with van der Waals surface area (Å²) in [4.78, 5) is 12.8. The number of halogens is 1. The molecule has 1 fully saturated rings. The van der Waals surface area contributed by atoms with Gasteiger partial charge in [-0.25, -0.2) is 9.98 Å². The molecule has 150 valence electrons. The fraction of sp³-hybridized carbons (Fsp3) is 0.778. The van der Waals surface area contributed by atoms with Crippen LogP contribution in [0.25, 0.3) is 0 Å². The van der Waals surface area contributed by atoms with Gasteiger partial charge in [0, 0.05) is 43.3 Å². The van der Waals surface area contributed by atoms with Crippen LogP contribution in [0.2, 0.25) is 0 Å². The molecule has 1 saturated heterocycles. The van der Waals surface area contributed by atoms with Crippen LogP contribution in [0, 0.1) is 12.8 Å². The van der Waals surface area contributed by atoms with E-state index in [9.17, 15) is 0 Å². The van der Waals surface area contributed by atoms with Crippen LogP contribution in [0.5, 0.6) is 0 Å². The Morgan fingerprint density at radius 1 is 1.35 bits per heavy atom. The average molecular weight is 495 g/mol. The topological polar surface area (TPSA) is 61.8 Å². The third-order valence-electron chi connectivity index (χ3n) is 4.22. The Bertz CT molecular complexity index is 531. The lowest BCUT2D eigenvalue weighted by molar-refractivity contribution is 0.0132. The molecule has 0 radical (unpaired) electrons. The molecule has 0 saturated carbocycles. The minimum atomic E-state index is 0. The summed E-state index contributed by atoms with van der Waals surface area (Å²) in [6, 6.07) is 0.512. The molecule has 0 spiro atoms. The first-order valence-corrected chi connectivity index (χ1v) is 10.2. The molecule has 8 heteroatoms. The third kappa shape index (κ3) is 8.49. The van der Waals surface area contributed by atoms with Crippen LogP contribution >= 0.6 is 35.3 Å². The number of morpholine rings is 1. The highest BCUT2D eigenvalue weighted by Crippen LogP contribution is 2.14. The first-order chi connectivity index (χ1) is 12.1. The predicted octanol–water partition coefficient (Wildman–Crippen LogP) is 2.87. The SMILES string of the molecule is CCNC(=NCc1cnc(C)s1)NCC(CC(C)C)N1CCOCC1.I. The second-order valence-electron chi connectivity index (χ2n) is 6.85. The minimum absolute atomic E-state index is 0. The van der Waals surface area contributed by atoms with Gasteiger partial charge in [-0.3, -0.25) is 4.90 Å². The van der Waals surface area contributed by atoms with E-state index in [0.29, 0.717) is 18.5 Å². The molecule has 2 rings (SSSR count). The molecule has 0 amide bonds. The molecule has 1 aromatic heterocycles. The number of nitrogens with zero attached hydrogens (tertiary/aromatic N) is 3. The summed E-state index contributed by atoms with van der Waals surface area (Å²) in [7, 11) is 0. The fourth-order valence-corrected chi connectivity index (χ4v) is 3.76. The zero-order chi connectivity index (χ0) is 18.1. The Morgan fingerprint density at radius 3 is 2.65 bits per heavy atom. The molecule has 2 N–H and O–H groups in total. The maximum atomic E-state index is 5.51. The molecule has 1 unspecified atom stereocenters. The zero-order valence-electron chi connectivity index (χ0n) is 16.5. The minimum Gasteiger partial charge on any atom is -0.379 e. The molecule has 1 aromatic rings. The van der Waals surface area contributed by atoms with Crippen LogP contribution in [0.15, 0.2) is 11.2 Å². The van der Waals surface area contributed by atoms with Crippen molar-refractivity contribution >= 4 is 41.3 Å². The van der Waals surface area contributed by atoms with Crippen LogP contribution < -0.4 is 10.6 Å². The first-order valence-electron chi connectivity index (χ1n) is 9.33. The lowest BCUT2D eigenvalue weighted by Crippen LogP contribution is -2.51. The van der Waals surface area contributed by atoms with Crippen LogP contribution in [0.1, 0.15) is 37.1 Å². The lowest BCUT2D eigenvalue weighted by Gasteiger charge is -2.35. The van der Waals surface area contributed by atoms with Gasteiger partial charge in [0.05, 0.1) is 24.8 Å². The molecule has 6 nitrogen and oxygen atoms in total. The summed E-state index contributed by atoms with van der Waals surface area (Å²) >= 11 is 1.71. The third-order valence-corrected chi connectivity index (χ3v) is 5.11. The number of guanidine groups is 1. The standard InChI is InChI=1S/C18H33N5OS.HI/c1-5-19-18(22-13-17-12-20-15(4)25-17)21-11-16(10-14(2)3)23-6-8-24-9-7-23;/h12,14,16H,5-11,13H2,1-4H3,(H2,19,21,22);1H. The number of ether oxygens (including phenoxy) is 1. The Hall–Kier alpha value is -0.450. The van der Waals surface area contributed by atoms with Gasteiger partial charge in [0.25, 0.3) is 0 Å². The lowest BCUT2D eigenvalue weighted by atomic mass is 10.0. The van der Waals surface area contributed by atoms with Crippen molar-refractivity contribution in [2.75, 3.05) is 39.4 Å². The molecule has 1 aliphatic heterocycles. The summed E-state index contributed by atoms with van der Waals surface area (Å²) in [5.41, 5.74) is 0. The number of aromatic nitrogens is 1. The summed E-state index contributed by atoms with van der Waals surface area (Å²) in [5, 5.41) is 7.98. The van der Waals surface area contributed by atoms with Crippen molar-refractivity contribution in [3.63, 3.8) is 0 Å². The van der Waals surface area contributed by atoms with Gasteiger partial charge < -0.3 is 15.4 Å². The van der Waals surface area contributed by atoms with Crippen LogP contribution in [0.3, 0.4) is 0 Å². The number of hydrogen-bond acceptors (Lipinski definition) is 5. The van der Waals surface area contributed by atoms with Crippen LogP contribution in [-0.2, 0) is 11.3 Å². The fourth-order valence-electron chi connectivity index (χ4n) is 3.04. The van der Waals surface area contributed by atoms with E-state index in [-0.39, 0.29) is 24.0 Å². The molecule has 0 aliphatic carbocycles. The van der Waals surface area contributed by atoms with Crippen molar-refractivity contribution in [2.24, 2.45) is 10.9 Å². The monoisotopic (exact) mass is 495 g/mol. The average Bonchev–Trinajstić information content (AvgIpc) is 3.02. The van der Waals surface area contributed by atoms with E-state index in [1.54, 1.807) is 11.3 Å². The van der Waals surface area contributed by atoms with Gasteiger partial charge in [0.15, 0.2) is 5.96 Å². The zero-order valence-corrected chi connectivity index (χ0v) is 19.6. The van der Waals surface area contributed by atoms with E-state index in [0.717, 1.165) is 50.4 Å². The van der Waals surface area contributed by atoms with E-state index < -0.39 is 0 Å². The molecule has 26 heavy (non-hydrogen) atoms. The predicted molar refractivity (Wildman–Crippen MR) is 121 cm³/mol. The quantitative estimate of drug-likeness (QED) is 0.330. The highest BCUT2D eigenvalue weighted by atomic mass is 127. The van der Waals surface area contributed by atoms with Crippen molar-refractivity contribution < 1.29 is 4.74 Å². The second-order valence-corrected chi connectivity index (χ2v) is 8.17. The van der Waals surface area contributed by atoms with E-state index >= 15 is 0 Å². The molecule has 0 aromatic carbocycles. The van der Waals surface area contributed by atoms with Gasteiger partial charge >= 0.3 is 0 Å². The largest absolute Gasteiger partial charge is 0.379 e. The summed E-state index contributed by atoms with van der Waals surface area (Å²) < 4.78 is 5.51. The summed E-state index contributed by atoms with van der Waals surface area (Å²) in [6.07, 6.45) is 3.10. The van der Waals surface area contributed by atoms with E-state index in [2.05, 4.69) is 41.3 Å². The maximum absolute atomic E-state index is 5.51. The molecular weight excluding hydrogens is 461 g/mol.